The van der Waals surface area contributed by atoms with Crippen molar-refractivity contribution in [3.8, 4) is 0 Å². The monoisotopic (exact) mass is 424 g/mol. The van der Waals surface area contributed by atoms with E-state index in [0.717, 1.165) is 11.1 Å². The van der Waals surface area contributed by atoms with E-state index in [4.69, 9.17) is 0 Å². The van der Waals surface area contributed by atoms with E-state index in [2.05, 4.69) is 0 Å². The van der Waals surface area contributed by atoms with Gasteiger partial charge in [-0.25, -0.2) is 0 Å². The summed E-state index contributed by atoms with van der Waals surface area (Å²) in [5, 5.41) is 0. The molecule has 0 spiro atoms. The highest BCUT2D eigenvalue weighted by Crippen LogP contribution is 2.43. The average molecular weight is 425 g/mol. The first-order valence-corrected chi connectivity index (χ1v) is 12.0. The Labute approximate surface area is 166 Å². The van der Waals surface area contributed by atoms with Crippen LogP contribution in [0.2, 0.25) is 0 Å². The molecular formula is C20H24O6S2. The van der Waals surface area contributed by atoms with E-state index in [1.807, 2.05) is 13.8 Å². The van der Waals surface area contributed by atoms with Gasteiger partial charge in [-0.3, -0.25) is 9.11 Å². The van der Waals surface area contributed by atoms with Gasteiger partial charge in [-0.15, -0.1) is 0 Å². The van der Waals surface area contributed by atoms with Gasteiger partial charge in [0.1, 0.15) is 0 Å². The fraction of sp³-hybridized carbons (Fsp3) is 0.400. The molecule has 1 saturated carbocycles. The molecule has 152 valence electrons. The summed E-state index contributed by atoms with van der Waals surface area (Å²) >= 11 is 0. The number of benzene rings is 2. The first kappa shape index (κ1) is 21.0. The molecule has 0 saturated heterocycles. The standard InChI is InChI=1S/C20H24O6S2/c1-13-3-9-19(27(21,22)23)17(11-13)15-5-7-16(8-6-15)18-12-14(2)4-10-20(18)28(24,25)26/h3-4,9-12,15-16H,5-8H2,1-2H3,(H,21,22,23)(H,24,25,26). The van der Waals surface area contributed by atoms with Crippen molar-refractivity contribution in [1.29, 1.82) is 0 Å². The summed E-state index contributed by atoms with van der Waals surface area (Å²) in [6, 6.07) is 9.77. The zero-order valence-electron chi connectivity index (χ0n) is 15.8. The highest BCUT2D eigenvalue weighted by Gasteiger charge is 2.30. The molecule has 0 unspecified atom stereocenters. The van der Waals surface area contributed by atoms with Gasteiger partial charge in [0.05, 0.1) is 9.79 Å². The minimum Gasteiger partial charge on any atom is -0.282 e. The van der Waals surface area contributed by atoms with Crippen LogP contribution in [0.4, 0.5) is 0 Å². The lowest BCUT2D eigenvalue weighted by atomic mass is 9.76. The second-order valence-electron chi connectivity index (χ2n) is 7.58. The van der Waals surface area contributed by atoms with Gasteiger partial charge in [0, 0.05) is 0 Å². The van der Waals surface area contributed by atoms with E-state index >= 15 is 0 Å². The molecule has 0 aliphatic heterocycles. The second kappa shape index (κ2) is 7.59. The Morgan fingerprint density at radius 2 is 1.00 bits per heavy atom. The van der Waals surface area contributed by atoms with Gasteiger partial charge in [0.15, 0.2) is 0 Å². The average Bonchev–Trinajstić information content (AvgIpc) is 2.59. The van der Waals surface area contributed by atoms with Crippen molar-refractivity contribution in [1.82, 2.24) is 0 Å². The van der Waals surface area contributed by atoms with E-state index in [9.17, 15) is 25.9 Å². The van der Waals surface area contributed by atoms with Gasteiger partial charge in [0.2, 0.25) is 0 Å². The normalized spacial score (nSPS) is 20.9. The number of hydrogen-bond donors (Lipinski definition) is 2. The summed E-state index contributed by atoms with van der Waals surface area (Å²) in [4.78, 5) is -0.119. The Morgan fingerprint density at radius 1 is 0.679 bits per heavy atom. The van der Waals surface area contributed by atoms with Crippen LogP contribution >= 0.6 is 0 Å². The third-order valence-electron chi connectivity index (χ3n) is 5.49. The quantitative estimate of drug-likeness (QED) is 0.711. The van der Waals surface area contributed by atoms with Crippen LogP contribution in [-0.4, -0.2) is 25.9 Å². The van der Waals surface area contributed by atoms with Crippen molar-refractivity contribution >= 4 is 20.2 Å². The zero-order valence-corrected chi connectivity index (χ0v) is 17.4. The van der Waals surface area contributed by atoms with Gasteiger partial charge in [0.25, 0.3) is 20.2 Å². The molecule has 1 fully saturated rings. The highest BCUT2D eigenvalue weighted by atomic mass is 32.2. The van der Waals surface area contributed by atoms with Crippen molar-refractivity contribution < 1.29 is 25.9 Å². The zero-order chi connectivity index (χ0) is 20.7. The Morgan fingerprint density at radius 3 is 1.29 bits per heavy atom. The molecule has 3 rings (SSSR count). The summed E-state index contributed by atoms with van der Waals surface area (Å²) in [5.41, 5.74) is 3.05. The number of aryl methyl sites for hydroxylation is 2. The fourth-order valence-electron chi connectivity index (χ4n) is 4.16. The molecule has 0 bridgehead atoms. The highest BCUT2D eigenvalue weighted by molar-refractivity contribution is 7.86. The Bertz CT molecular complexity index is 1010. The maximum absolute atomic E-state index is 11.7. The van der Waals surface area contributed by atoms with Crippen LogP contribution in [0.15, 0.2) is 46.2 Å². The number of hydrogen-bond acceptors (Lipinski definition) is 4. The topological polar surface area (TPSA) is 109 Å². The summed E-state index contributed by atoms with van der Waals surface area (Å²) in [6.45, 7) is 3.74. The predicted octanol–water partition coefficient (Wildman–Crippen LogP) is 4.24. The van der Waals surface area contributed by atoms with Crippen molar-refractivity contribution in [3.63, 3.8) is 0 Å². The fourth-order valence-corrected chi connectivity index (χ4v) is 5.69. The van der Waals surface area contributed by atoms with Crippen LogP contribution in [0.25, 0.3) is 0 Å². The number of rotatable bonds is 4. The van der Waals surface area contributed by atoms with Crippen LogP contribution in [0.5, 0.6) is 0 Å². The SMILES string of the molecule is Cc1ccc(S(=O)(=O)O)c(C2CCC(c3cc(C)ccc3S(=O)(=O)O)CC2)c1. The van der Waals surface area contributed by atoms with Crippen molar-refractivity contribution in [2.45, 2.75) is 61.2 Å². The van der Waals surface area contributed by atoms with Crippen molar-refractivity contribution in [2.24, 2.45) is 0 Å². The Balaban J connectivity index is 1.90. The molecule has 0 radical (unpaired) electrons. The lowest BCUT2D eigenvalue weighted by molar-refractivity contribution is 0.386. The lowest BCUT2D eigenvalue weighted by Crippen LogP contribution is -2.17. The molecule has 2 aromatic rings. The van der Waals surface area contributed by atoms with Crippen LogP contribution in [-0.2, 0) is 20.2 Å². The third-order valence-corrected chi connectivity index (χ3v) is 7.35. The molecule has 28 heavy (non-hydrogen) atoms. The van der Waals surface area contributed by atoms with Crippen molar-refractivity contribution in [3.05, 3.63) is 58.7 Å². The Hall–Kier alpha value is -1.74. The minimum atomic E-state index is -4.31. The molecule has 2 aromatic carbocycles. The molecule has 0 heterocycles. The van der Waals surface area contributed by atoms with Crippen LogP contribution in [0.3, 0.4) is 0 Å². The largest absolute Gasteiger partial charge is 0.294 e. The molecular weight excluding hydrogens is 400 g/mol. The van der Waals surface area contributed by atoms with E-state index in [0.29, 0.717) is 36.8 Å². The maximum Gasteiger partial charge on any atom is 0.294 e. The van der Waals surface area contributed by atoms with Crippen molar-refractivity contribution in [2.75, 3.05) is 0 Å². The van der Waals surface area contributed by atoms with Gasteiger partial charge in [-0.05, 0) is 74.6 Å². The molecule has 0 atom stereocenters. The molecule has 2 N–H and O–H groups in total. The van der Waals surface area contributed by atoms with Gasteiger partial charge in [-0.1, -0.05) is 35.4 Å². The Kier molecular flexibility index (Phi) is 5.69. The molecule has 0 aromatic heterocycles. The van der Waals surface area contributed by atoms with Gasteiger partial charge in [-0.2, -0.15) is 16.8 Å². The molecule has 8 heteroatoms. The second-order valence-corrected chi connectivity index (χ2v) is 10.4. The summed E-state index contributed by atoms with van der Waals surface area (Å²) in [7, 11) is -8.62. The summed E-state index contributed by atoms with van der Waals surface area (Å²) in [6.07, 6.45) is 2.65. The molecule has 6 nitrogen and oxygen atoms in total. The molecule has 1 aliphatic rings. The lowest BCUT2D eigenvalue weighted by Gasteiger charge is -2.31. The van der Waals surface area contributed by atoms with E-state index < -0.39 is 20.2 Å². The smallest absolute Gasteiger partial charge is 0.282 e. The van der Waals surface area contributed by atoms with Crippen LogP contribution in [0, 0.1) is 13.8 Å². The van der Waals surface area contributed by atoms with E-state index in [-0.39, 0.29) is 21.6 Å². The third kappa shape index (κ3) is 4.46. The minimum absolute atomic E-state index is 0.0351. The van der Waals surface area contributed by atoms with Crippen LogP contribution < -0.4 is 0 Å². The molecule has 1 aliphatic carbocycles. The van der Waals surface area contributed by atoms with E-state index in [1.54, 1.807) is 24.3 Å². The van der Waals surface area contributed by atoms with Crippen LogP contribution in [0.1, 0.15) is 59.8 Å². The maximum atomic E-state index is 11.7. The van der Waals surface area contributed by atoms with E-state index in [1.165, 1.54) is 12.1 Å². The summed E-state index contributed by atoms with van der Waals surface area (Å²) < 4.78 is 66.1. The van der Waals surface area contributed by atoms with Gasteiger partial charge < -0.3 is 0 Å². The molecule has 0 amide bonds. The first-order chi connectivity index (χ1) is 13.0. The van der Waals surface area contributed by atoms with Gasteiger partial charge >= 0.3 is 0 Å². The first-order valence-electron chi connectivity index (χ1n) is 9.13. The summed E-state index contributed by atoms with van der Waals surface area (Å²) in [5.74, 6) is -0.0702. The predicted molar refractivity (Wildman–Crippen MR) is 106 cm³/mol.